The quantitative estimate of drug-likeness (QED) is 0.320. The summed E-state index contributed by atoms with van der Waals surface area (Å²) in [6.45, 7) is 4.49. The van der Waals surface area contributed by atoms with Crippen LogP contribution >= 0.6 is 0 Å². The Labute approximate surface area is 184 Å². The molecule has 0 spiro atoms. The summed E-state index contributed by atoms with van der Waals surface area (Å²) in [7, 11) is 0. The van der Waals surface area contributed by atoms with Crippen molar-refractivity contribution in [3.8, 4) is 5.75 Å². The molecular formula is C27H29N3O. The third-order valence-corrected chi connectivity index (χ3v) is 5.17. The van der Waals surface area contributed by atoms with Gasteiger partial charge in [-0.1, -0.05) is 54.6 Å². The van der Waals surface area contributed by atoms with Crippen LogP contribution in [0.15, 0.2) is 84.9 Å². The van der Waals surface area contributed by atoms with E-state index < -0.39 is 0 Å². The van der Waals surface area contributed by atoms with Crippen LogP contribution in [0, 0.1) is 6.92 Å². The number of nitrogens with zero attached hydrogens (tertiary/aromatic N) is 1. The number of pyridine rings is 1. The minimum atomic E-state index is 0.645. The molecule has 4 nitrogen and oxygen atoms in total. The zero-order chi connectivity index (χ0) is 21.3. The molecule has 0 radical (unpaired) electrons. The third kappa shape index (κ3) is 6.06. The molecule has 1 aromatic heterocycles. The Morgan fingerprint density at radius 3 is 2.58 bits per heavy atom. The Bertz CT molecular complexity index is 1110. The minimum absolute atomic E-state index is 0.645. The first-order chi connectivity index (χ1) is 15.3. The fourth-order valence-electron chi connectivity index (χ4n) is 3.66. The topological polar surface area (TPSA) is 46.2 Å². The van der Waals surface area contributed by atoms with Crippen LogP contribution in [0.1, 0.15) is 17.7 Å². The van der Waals surface area contributed by atoms with Crippen LogP contribution in [-0.4, -0.2) is 24.7 Å². The number of nitrogens with one attached hydrogen (secondary N) is 2. The molecule has 0 atom stereocenters. The van der Waals surface area contributed by atoms with Gasteiger partial charge >= 0.3 is 0 Å². The predicted molar refractivity (Wildman–Crippen MR) is 129 cm³/mol. The van der Waals surface area contributed by atoms with Crippen LogP contribution in [-0.2, 0) is 6.42 Å². The van der Waals surface area contributed by atoms with Crippen molar-refractivity contribution < 1.29 is 4.74 Å². The number of hydrogen-bond donors (Lipinski definition) is 2. The maximum absolute atomic E-state index is 5.95. The standard InChI is InChI=1S/C27H29N3O/c1-21-19-27(25-14-5-6-15-26(25)29-21)30-23-12-7-13-24(20-23)31-18-17-28-16-8-11-22-9-3-2-4-10-22/h2-7,9-10,12-15,19-20,28H,8,11,16-18H2,1H3,(H,29,30). The zero-order valence-corrected chi connectivity index (χ0v) is 18.0. The van der Waals surface area contributed by atoms with Crippen molar-refractivity contribution in [2.75, 3.05) is 25.0 Å². The molecule has 0 bridgehead atoms. The Hall–Kier alpha value is -3.37. The fraction of sp³-hybridized carbons (Fsp3) is 0.222. The molecule has 0 aliphatic rings. The zero-order valence-electron chi connectivity index (χ0n) is 18.0. The molecule has 31 heavy (non-hydrogen) atoms. The normalized spacial score (nSPS) is 10.9. The molecule has 2 N–H and O–H groups in total. The molecule has 4 rings (SSSR count). The first kappa shape index (κ1) is 20.9. The Morgan fingerprint density at radius 2 is 1.68 bits per heavy atom. The summed E-state index contributed by atoms with van der Waals surface area (Å²) in [5.74, 6) is 0.867. The number of rotatable bonds is 10. The second-order valence-corrected chi connectivity index (χ2v) is 7.67. The lowest BCUT2D eigenvalue weighted by molar-refractivity contribution is 0.314. The summed E-state index contributed by atoms with van der Waals surface area (Å²) in [6.07, 6.45) is 2.23. The van der Waals surface area contributed by atoms with Crippen LogP contribution in [0.2, 0.25) is 0 Å². The van der Waals surface area contributed by atoms with E-state index in [9.17, 15) is 0 Å². The lowest BCUT2D eigenvalue weighted by Crippen LogP contribution is -2.22. The van der Waals surface area contributed by atoms with Crippen molar-refractivity contribution in [1.82, 2.24) is 10.3 Å². The van der Waals surface area contributed by atoms with E-state index in [1.807, 2.05) is 43.3 Å². The molecule has 0 fully saturated rings. The molecule has 0 aliphatic heterocycles. The van der Waals surface area contributed by atoms with Crippen LogP contribution in [0.25, 0.3) is 10.9 Å². The first-order valence-corrected chi connectivity index (χ1v) is 10.9. The molecule has 0 saturated heterocycles. The summed E-state index contributed by atoms with van der Waals surface area (Å²) in [5.41, 5.74) is 5.44. The number of anilines is 2. The van der Waals surface area contributed by atoms with Crippen LogP contribution < -0.4 is 15.4 Å². The largest absolute Gasteiger partial charge is 0.492 e. The fourth-order valence-corrected chi connectivity index (χ4v) is 3.66. The second-order valence-electron chi connectivity index (χ2n) is 7.67. The molecule has 4 aromatic rings. The molecule has 0 unspecified atom stereocenters. The monoisotopic (exact) mass is 411 g/mol. The van der Waals surface area contributed by atoms with Gasteiger partial charge in [0.25, 0.3) is 0 Å². The molecular weight excluding hydrogens is 382 g/mol. The number of aryl methyl sites for hydroxylation is 2. The Balaban J connectivity index is 1.25. The van der Waals surface area contributed by atoms with Crippen molar-refractivity contribution in [3.05, 3.63) is 96.2 Å². The van der Waals surface area contributed by atoms with E-state index in [0.29, 0.717) is 6.61 Å². The number of aromatic nitrogens is 1. The van der Waals surface area contributed by atoms with E-state index in [1.165, 1.54) is 5.56 Å². The molecule has 158 valence electrons. The molecule has 0 saturated carbocycles. The molecule has 1 heterocycles. The van der Waals surface area contributed by atoms with E-state index in [-0.39, 0.29) is 0 Å². The summed E-state index contributed by atoms with van der Waals surface area (Å²) in [6, 6.07) is 29.0. The third-order valence-electron chi connectivity index (χ3n) is 5.17. The number of para-hydroxylation sites is 1. The maximum Gasteiger partial charge on any atom is 0.121 e. The first-order valence-electron chi connectivity index (χ1n) is 10.9. The summed E-state index contributed by atoms with van der Waals surface area (Å²) >= 11 is 0. The van der Waals surface area contributed by atoms with Gasteiger partial charge in [0, 0.05) is 35.1 Å². The summed E-state index contributed by atoms with van der Waals surface area (Å²) in [4.78, 5) is 4.61. The van der Waals surface area contributed by atoms with Gasteiger partial charge in [0.15, 0.2) is 0 Å². The minimum Gasteiger partial charge on any atom is -0.492 e. The molecule has 0 aliphatic carbocycles. The molecule has 4 heteroatoms. The average Bonchev–Trinajstić information content (AvgIpc) is 2.79. The van der Waals surface area contributed by atoms with Gasteiger partial charge in [-0.05, 0) is 56.1 Å². The van der Waals surface area contributed by atoms with Crippen molar-refractivity contribution in [3.63, 3.8) is 0 Å². The second kappa shape index (κ2) is 10.6. The van der Waals surface area contributed by atoms with Gasteiger partial charge in [0.1, 0.15) is 12.4 Å². The number of fused-ring (bicyclic) bond motifs is 1. The van der Waals surface area contributed by atoms with E-state index in [2.05, 4.69) is 64.1 Å². The number of hydrogen-bond acceptors (Lipinski definition) is 4. The van der Waals surface area contributed by atoms with Crippen LogP contribution in [0.5, 0.6) is 5.75 Å². The molecule has 3 aromatic carbocycles. The highest BCUT2D eigenvalue weighted by Crippen LogP contribution is 2.27. The lowest BCUT2D eigenvalue weighted by Gasteiger charge is -2.13. The van der Waals surface area contributed by atoms with Gasteiger partial charge in [-0.2, -0.15) is 0 Å². The van der Waals surface area contributed by atoms with Crippen LogP contribution in [0.4, 0.5) is 11.4 Å². The highest BCUT2D eigenvalue weighted by molar-refractivity contribution is 5.93. The van der Waals surface area contributed by atoms with Gasteiger partial charge in [-0.25, -0.2) is 0 Å². The van der Waals surface area contributed by atoms with Gasteiger partial charge in [-0.15, -0.1) is 0 Å². The Morgan fingerprint density at radius 1 is 0.839 bits per heavy atom. The predicted octanol–water partition coefficient (Wildman–Crippen LogP) is 5.89. The lowest BCUT2D eigenvalue weighted by atomic mass is 10.1. The maximum atomic E-state index is 5.95. The van der Waals surface area contributed by atoms with Crippen molar-refractivity contribution in [2.45, 2.75) is 19.8 Å². The van der Waals surface area contributed by atoms with Gasteiger partial charge < -0.3 is 15.4 Å². The number of benzene rings is 3. The summed E-state index contributed by atoms with van der Waals surface area (Å²) < 4.78 is 5.95. The van der Waals surface area contributed by atoms with Gasteiger partial charge in [-0.3, -0.25) is 4.98 Å². The number of ether oxygens (including phenoxy) is 1. The average molecular weight is 412 g/mol. The van der Waals surface area contributed by atoms with Gasteiger partial charge in [0.05, 0.1) is 5.52 Å². The van der Waals surface area contributed by atoms with Crippen molar-refractivity contribution >= 4 is 22.3 Å². The van der Waals surface area contributed by atoms with E-state index >= 15 is 0 Å². The van der Waals surface area contributed by atoms with Crippen molar-refractivity contribution in [1.29, 1.82) is 0 Å². The Kier molecular flexibility index (Phi) is 7.14. The van der Waals surface area contributed by atoms with E-state index in [0.717, 1.165) is 59.7 Å². The smallest absolute Gasteiger partial charge is 0.121 e. The SMILES string of the molecule is Cc1cc(Nc2cccc(OCCNCCCc3ccccc3)c2)c2ccccc2n1. The van der Waals surface area contributed by atoms with E-state index in [1.54, 1.807) is 0 Å². The summed E-state index contributed by atoms with van der Waals surface area (Å²) in [5, 5.41) is 8.10. The molecule has 0 amide bonds. The van der Waals surface area contributed by atoms with Crippen LogP contribution in [0.3, 0.4) is 0 Å². The van der Waals surface area contributed by atoms with Crippen molar-refractivity contribution in [2.24, 2.45) is 0 Å². The highest BCUT2D eigenvalue weighted by Gasteiger charge is 2.05. The highest BCUT2D eigenvalue weighted by atomic mass is 16.5. The van der Waals surface area contributed by atoms with Gasteiger partial charge in [0.2, 0.25) is 0 Å². The van der Waals surface area contributed by atoms with E-state index in [4.69, 9.17) is 4.74 Å².